The fraction of sp³-hybridized carbons (Fsp3) is 0.607. The molecule has 30 heavy (non-hydrogen) atoms. The van der Waals surface area contributed by atoms with Crippen LogP contribution >= 0.6 is 0 Å². The number of hydrogen-bond donors (Lipinski definition) is 0. The summed E-state index contributed by atoms with van der Waals surface area (Å²) in [5.74, 6) is -0.186. The lowest BCUT2D eigenvalue weighted by molar-refractivity contribution is -0.138. The summed E-state index contributed by atoms with van der Waals surface area (Å²) in [6, 6.07) is 0. The van der Waals surface area contributed by atoms with E-state index in [9.17, 15) is 4.79 Å². The fourth-order valence-electron chi connectivity index (χ4n) is 3.12. The number of ether oxygens (including phenoxy) is 1. The molecule has 0 aliphatic heterocycles. The van der Waals surface area contributed by atoms with E-state index >= 15 is 0 Å². The second kappa shape index (κ2) is 16.9. The quantitative estimate of drug-likeness (QED) is 0.161. The highest BCUT2D eigenvalue weighted by molar-refractivity contribution is 5.88. The number of rotatable bonds is 14. The Balaban J connectivity index is 4.24. The molecule has 0 unspecified atom stereocenters. The highest BCUT2D eigenvalue weighted by atomic mass is 16.5. The highest BCUT2D eigenvalue weighted by Crippen LogP contribution is 2.16. The molecule has 0 aromatic heterocycles. The van der Waals surface area contributed by atoms with Gasteiger partial charge in [0.25, 0.3) is 0 Å². The lowest BCUT2D eigenvalue weighted by Crippen LogP contribution is -2.07. The van der Waals surface area contributed by atoms with Gasteiger partial charge in [-0.2, -0.15) is 0 Å². The Morgan fingerprint density at radius 2 is 1.03 bits per heavy atom. The first-order valence-electron chi connectivity index (χ1n) is 11.6. The molecule has 2 heteroatoms. The third-order valence-corrected chi connectivity index (χ3v) is 5.39. The minimum absolute atomic E-state index is 0.186. The molecule has 0 radical (unpaired) electrons. The van der Waals surface area contributed by atoms with Gasteiger partial charge in [0.05, 0.1) is 6.61 Å². The van der Waals surface area contributed by atoms with Crippen molar-refractivity contribution in [3.05, 3.63) is 57.7 Å². The van der Waals surface area contributed by atoms with Gasteiger partial charge in [-0.25, -0.2) is 4.79 Å². The molecular formula is C28H46O2. The molecule has 0 atom stereocenters. The van der Waals surface area contributed by atoms with Crippen LogP contribution in [-0.2, 0) is 9.53 Å². The SMILES string of the molecule is CCOC(=O)C(C)=C(C)CCC=C(C)CCC=C(C)CCC=C(C)CCC=C(C)C. The van der Waals surface area contributed by atoms with Crippen molar-refractivity contribution in [1.29, 1.82) is 0 Å². The maximum absolute atomic E-state index is 11.8. The van der Waals surface area contributed by atoms with Crippen molar-refractivity contribution in [2.75, 3.05) is 6.61 Å². The lowest BCUT2D eigenvalue weighted by atomic mass is 10.0. The summed E-state index contributed by atoms with van der Waals surface area (Å²) in [5.41, 5.74) is 7.70. The molecule has 0 bridgehead atoms. The van der Waals surface area contributed by atoms with Gasteiger partial charge in [0.2, 0.25) is 0 Å². The third-order valence-electron chi connectivity index (χ3n) is 5.39. The monoisotopic (exact) mass is 414 g/mol. The molecule has 0 fully saturated rings. The first-order valence-corrected chi connectivity index (χ1v) is 11.6. The van der Waals surface area contributed by atoms with Gasteiger partial charge in [0.1, 0.15) is 0 Å². The summed E-state index contributed by atoms with van der Waals surface area (Å²) in [7, 11) is 0. The zero-order chi connectivity index (χ0) is 22.9. The first kappa shape index (κ1) is 28.2. The smallest absolute Gasteiger partial charge is 0.333 e. The van der Waals surface area contributed by atoms with Crippen LogP contribution in [0, 0.1) is 0 Å². The van der Waals surface area contributed by atoms with Gasteiger partial charge >= 0.3 is 5.97 Å². The lowest BCUT2D eigenvalue weighted by Gasteiger charge is -2.06. The average molecular weight is 415 g/mol. The van der Waals surface area contributed by atoms with Gasteiger partial charge < -0.3 is 4.74 Å². The molecule has 0 rings (SSSR count). The van der Waals surface area contributed by atoms with E-state index in [2.05, 4.69) is 58.9 Å². The molecule has 0 saturated heterocycles. The minimum Gasteiger partial charge on any atom is -0.463 e. The summed E-state index contributed by atoms with van der Waals surface area (Å²) < 4.78 is 5.07. The van der Waals surface area contributed by atoms with Crippen molar-refractivity contribution in [2.45, 2.75) is 107 Å². The van der Waals surface area contributed by atoms with E-state index in [0.29, 0.717) is 6.61 Å². The molecule has 0 aliphatic rings. The predicted molar refractivity (Wildman–Crippen MR) is 133 cm³/mol. The number of carbonyl (C=O) groups is 1. The highest BCUT2D eigenvalue weighted by Gasteiger charge is 2.07. The molecular weight excluding hydrogens is 368 g/mol. The van der Waals surface area contributed by atoms with Gasteiger partial charge in [-0.1, -0.05) is 52.2 Å². The zero-order valence-electron chi connectivity index (χ0n) is 21.0. The van der Waals surface area contributed by atoms with E-state index in [-0.39, 0.29) is 5.97 Å². The summed E-state index contributed by atoms with van der Waals surface area (Å²) >= 11 is 0. The molecule has 0 heterocycles. The Morgan fingerprint density at radius 3 is 1.43 bits per heavy atom. The van der Waals surface area contributed by atoms with Gasteiger partial charge in [-0.15, -0.1) is 0 Å². The molecule has 0 aromatic rings. The largest absolute Gasteiger partial charge is 0.463 e. The molecule has 170 valence electrons. The van der Waals surface area contributed by atoms with E-state index in [0.717, 1.165) is 56.1 Å². The molecule has 0 aliphatic carbocycles. The van der Waals surface area contributed by atoms with Crippen LogP contribution in [0.1, 0.15) is 107 Å². The van der Waals surface area contributed by atoms with Crippen molar-refractivity contribution in [1.82, 2.24) is 0 Å². The molecule has 0 spiro atoms. The fourth-order valence-corrected chi connectivity index (χ4v) is 3.12. The number of carbonyl (C=O) groups excluding carboxylic acids is 1. The van der Waals surface area contributed by atoms with Gasteiger partial charge in [-0.3, -0.25) is 0 Å². The van der Waals surface area contributed by atoms with Crippen molar-refractivity contribution < 1.29 is 9.53 Å². The number of hydrogen-bond acceptors (Lipinski definition) is 2. The maximum atomic E-state index is 11.8. The summed E-state index contributed by atoms with van der Waals surface area (Å²) in [6.07, 6.45) is 18.1. The van der Waals surface area contributed by atoms with Gasteiger partial charge in [0, 0.05) is 5.57 Å². The van der Waals surface area contributed by atoms with E-state index in [1.807, 2.05) is 20.8 Å². The Labute approximate surface area is 186 Å². The van der Waals surface area contributed by atoms with Crippen LogP contribution in [0.4, 0.5) is 0 Å². The summed E-state index contributed by atoms with van der Waals surface area (Å²) in [6.45, 7) is 17.2. The molecule has 0 amide bonds. The minimum atomic E-state index is -0.186. The van der Waals surface area contributed by atoms with Crippen molar-refractivity contribution in [3.8, 4) is 0 Å². The van der Waals surface area contributed by atoms with Crippen LogP contribution in [0.5, 0.6) is 0 Å². The number of esters is 1. The number of allylic oxidation sites excluding steroid dienone is 9. The van der Waals surface area contributed by atoms with Crippen LogP contribution in [-0.4, -0.2) is 12.6 Å². The van der Waals surface area contributed by atoms with E-state index in [1.165, 1.54) is 28.7 Å². The molecule has 0 aromatic carbocycles. The van der Waals surface area contributed by atoms with Crippen molar-refractivity contribution in [2.24, 2.45) is 0 Å². The Hall–Kier alpha value is -1.83. The zero-order valence-corrected chi connectivity index (χ0v) is 21.0. The Kier molecular flexibility index (Phi) is 15.9. The van der Waals surface area contributed by atoms with E-state index in [1.54, 1.807) is 0 Å². The molecule has 0 saturated carbocycles. The molecule has 0 N–H and O–H groups in total. The summed E-state index contributed by atoms with van der Waals surface area (Å²) in [5, 5.41) is 0. The predicted octanol–water partition coefficient (Wildman–Crippen LogP) is 8.81. The van der Waals surface area contributed by atoms with Crippen LogP contribution in [0.25, 0.3) is 0 Å². The van der Waals surface area contributed by atoms with Crippen LogP contribution in [0.2, 0.25) is 0 Å². The second-order valence-corrected chi connectivity index (χ2v) is 8.71. The first-order chi connectivity index (χ1) is 14.2. The normalized spacial score (nSPS) is 13.8. The standard InChI is InChI=1S/C28H46O2/c1-9-30-28(29)27(8)26(7)21-13-20-25(6)19-12-18-24(5)17-11-16-23(4)15-10-14-22(2)3/h14,16,18,20H,9-13,15,17,19,21H2,1-8H3. The van der Waals surface area contributed by atoms with Crippen LogP contribution in [0.15, 0.2) is 57.7 Å². The average Bonchev–Trinajstić information content (AvgIpc) is 2.67. The van der Waals surface area contributed by atoms with Gasteiger partial charge in [-0.05, 0) is 107 Å². The maximum Gasteiger partial charge on any atom is 0.333 e. The molecule has 2 nitrogen and oxygen atoms in total. The van der Waals surface area contributed by atoms with E-state index in [4.69, 9.17) is 4.74 Å². The van der Waals surface area contributed by atoms with Gasteiger partial charge in [0.15, 0.2) is 0 Å². The third kappa shape index (κ3) is 15.1. The topological polar surface area (TPSA) is 26.3 Å². The van der Waals surface area contributed by atoms with Crippen molar-refractivity contribution in [3.63, 3.8) is 0 Å². The summed E-state index contributed by atoms with van der Waals surface area (Å²) in [4.78, 5) is 11.8. The van der Waals surface area contributed by atoms with E-state index < -0.39 is 0 Å². The van der Waals surface area contributed by atoms with Crippen LogP contribution < -0.4 is 0 Å². The Bertz CT molecular complexity index is 665. The van der Waals surface area contributed by atoms with Crippen LogP contribution in [0.3, 0.4) is 0 Å². The Morgan fingerprint density at radius 1 is 0.633 bits per heavy atom. The van der Waals surface area contributed by atoms with Crippen molar-refractivity contribution >= 4 is 5.97 Å². The second-order valence-electron chi connectivity index (χ2n) is 8.71.